The Balaban J connectivity index is 3.16. The Morgan fingerprint density at radius 1 is 0.895 bits per heavy atom. The van der Waals surface area contributed by atoms with Gasteiger partial charge < -0.3 is 14.9 Å². The Hall–Kier alpha value is -0.120. The molecule has 0 aliphatic heterocycles. The van der Waals surface area contributed by atoms with Crippen LogP contribution in [0.3, 0.4) is 0 Å². The first kappa shape index (κ1) is 18.9. The first-order chi connectivity index (χ1) is 9.20. The van der Waals surface area contributed by atoms with Gasteiger partial charge in [-0.1, -0.05) is 64.7 Å². The van der Waals surface area contributed by atoms with Crippen molar-refractivity contribution < 1.29 is 14.9 Å². The summed E-state index contributed by atoms with van der Waals surface area (Å²) in [6.07, 6.45) is 12.0. The van der Waals surface area contributed by atoms with Gasteiger partial charge in [-0.2, -0.15) is 0 Å². The minimum Gasteiger partial charge on any atom is -0.394 e. The average molecular weight is 274 g/mol. The molecule has 3 heteroatoms. The number of aliphatic hydroxyl groups is 2. The van der Waals surface area contributed by atoms with Crippen LogP contribution in [0.2, 0.25) is 0 Å². The molecule has 0 amide bonds. The van der Waals surface area contributed by atoms with Crippen LogP contribution in [0.4, 0.5) is 0 Å². The van der Waals surface area contributed by atoms with Gasteiger partial charge in [0, 0.05) is 0 Å². The number of ether oxygens (including phenoxy) is 1. The molecule has 0 aromatic heterocycles. The van der Waals surface area contributed by atoms with Crippen molar-refractivity contribution in [1.82, 2.24) is 0 Å². The van der Waals surface area contributed by atoms with Crippen LogP contribution in [0.15, 0.2) is 0 Å². The number of rotatable bonds is 14. The van der Waals surface area contributed by atoms with Crippen molar-refractivity contribution in [3.8, 4) is 0 Å². The fraction of sp³-hybridized carbons (Fsp3) is 1.00. The Labute approximate surface area is 119 Å². The van der Waals surface area contributed by atoms with Crippen LogP contribution in [-0.2, 0) is 4.74 Å². The maximum atomic E-state index is 9.69. The zero-order valence-electron chi connectivity index (χ0n) is 12.9. The fourth-order valence-corrected chi connectivity index (χ4v) is 2.10. The topological polar surface area (TPSA) is 49.7 Å². The predicted octanol–water partition coefficient (Wildman–Crippen LogP) is 3.67. The lowest BCUT2D eigenvalue weighted by molar-refractivity contribution is -0.0259. The summed E-state index contributed by atoms with van der Waals surface area (Å²) in [6, 6.07) is 0. The molecule has 0 aromatic carbocycles. The van der Waals surface area contributed by atoms with E-state index in [1.807, 2.05) is 6.92 Å². The van der Waals surface area contributed by atoms with Gasteiger partial charge in [0.1, 0.15) is 0 Å². The number of hydrogen-bond acceptors (Lipinski definition) is 3. The third-order valence-electron chi connectivity index (χ3n) is 3.47. The monoisotopic (exact) mass is 274 g/mol. The molecular formula is C16H34O3. The Kier molecular flexibility index (Phi) is 14.2. The second kappa shape index (κ2) is 14.3. The maximum Gasteiger partial charge on any atom is 0.0779 e. The molecule has 19 heavy (non-hydrogen) atoms. The number of unbranched alkanes of at least 4 members (excludes halogenated alkanes) is 8. The maximum absolute atomic E-state index is 9.69. The normalized spacial score (nSPS) is 14.5. The molecule has 0 spiro atoms. The van der Waals surface area contributed by atoms with E-state index in [9.17, 15) is 5.11 Å². The van der Waals surface area contributed by atoms with Crippen LogP contribution in [-0.4, -0.2) is 35.6 Å². The molecule has 116 valence electrons. The van der Waals surface area contributed by atoms with Gasteiger partial charge in [0.25, 0.3) is 0 Å². The summed E-state index contributed by atoms with van der Waals surface area (Å²) >= 11 is 0. The van der Waals surface area contributed by atoms with Crippen LogP contribution in [0.1, 0.15) is 78.1 Å². The molecule has 0 saturated carbocycles. The zero-order chi connectivity index (χ0) is 14.3. The molecule has 0 aliphatic rings. The largest absolute Gasteiger partial charge is 0.394 e. The van der Waals surface area contributed by atoms with E-state index in [1.54, 1.807) is 0 Å². The molecule has 0 aromatic rings. The average Bonchev–Trinajstić information content (AvgIpc) is 2.42. The quantitative estimate of drug-likeness (QED) is 0.475. The van der Waals surface area contributed by atoms with E-state index in [0.29, 0.717) is 6.61 Å². The Bertz CT molecular complexity index is 173. The van der Waals surface area contributed by atoms with Crippen LogP contribution in [0, 0.1) is 0 Å². The van der Waals surface area contributed by atoms with Crippen molar-refractivity contribution in [1.29, 1.82) is 0 Å². The van der Waals surface area contributed by atoms with Gasteiger partial charge in [-0.15, -0.1) is 0 Å². The first-order valence-corrected chi connectivity index (χ1v) is 8.11. The second-order valence-corrected chi connectivity index (χ2v) is 5.60. The van der Waals surface area contributed by atoms with Crippen molar-refractivity contribution in [2.75, 3.05) is 13.2 Å². The molecule has 2 N–H and O–H groups in total. The van der Waals surface area contributed by atoms with Gasteiger partial charge in [-0.3, -0.25) is 0 Å². The molecule has 0 heterocycles. The van der Waals surface area contributed by atoms with E-state index >= 15 is 0 Å². The molecule has 0 saturated heterocycles. The lowest BCUT2D eigenvalue weighted by atomic mass is 10.1. The zero-order valence-corrected chi connectivity index (χ0v) is 12.9. The predicted molar refractivity (Wildman–Crippen MR) is 80.4 cm³/mol. The van der Waals surface area contributed by atoms with Gasteiger partial charge in [-0.25, -0.2) is 0 Å². The van der Waals surface area contributed by atoms with E-state index in [2.05, 4.69) is 6.92 Å². The van der Waals surface area contributed by atoms with E-state index in [1.165, 1.54) is 51.4 Å². The molecular weight excluding hydrogens is 240 g/mol. The lowest BCUT2D eigenvalue weighted by Crippen LogP contribution is -2.21. The van der Waals surface area contributed by atoms with Crippen LogP contribution < -0.4 is 0 Å². The third kappa shape index (κ3) is 14.1. The van der Waals surface area contributed by atoms with E-state index < -0.39 is 0 Å². The molecule has 2 unspecified atom stereocenters. The lowest BCUT2D eigenvalue weighted by Gasteiger charge is -2.14. The standard InChI is InChI=1S/C16H34O3/c1-3-4-5-6-7-8-9-10-11-12-16(18)14-19-15(2)13-17/h15-18H,3-14H2,1-2H3. The summed E-state index contributed by atoms with van der Waals surface area (Å²) in [4.78, 5) is 0. The third-order valence-corrected chi connectivity index (χ3v) is 3.47. The first-order valence-electron chi connectivity index (χ1n) is 8.11. The minimum absolute atomic E-state index is 0.0186. The van der Waals surface area contributed by atoms with Crippen LogP contribution in [0.25, 0.3) is 0 Å². The molecule has 0 aliphatic carbocycles. The van der Waals surface area contributed by atoms with Crippen molar-refractivity contribution in [3.63, 3.8) is 0 Å². The number of aliphatic hydroxyl groups excluding tert-OH is 2. The summed E-state index contributed by atoms with van der Waals surface area (Å²) in [5.41, 5.74) is 0. The Morgan fingerprint density at radius 2 is 1.42 bits per heavy atom. The summed E-state index contributed by atoms with van der Waals surface area (Å²) in [7, 11) is 0. The summed E-state index contributed by atoms with van der Waals surface area (Å²) in [6.45, 7) is 4.42. The van der Waals surface area contributed by atoms with Gasteiger partial charge in [0.2, 0.25) is 0 Å². The van der Waals surface area contributed by atoms with Crippen molar-refractivity contribution >= 4 is 0 Å². The fourth-order valence-electron chi connectivity index (χ4n) is 2.10. The smallest absolute Gasteiger partial charge is 0.0779 e. The molecule has 3 nitrogen and oxygen atoms in total. The molecule has 0 bridgehead atoms. The van der Waals surface area contributed by atoms with Gasteiger partial charge in [0.15, 0.2) is 0 Å². The van der Waals surface area contributed by atoms with E-state index in [0.717, 1.165) is 12.8 Å². The Morgan fingerprint density at radius 3 is 1.95 bits per heavy atom. The van der Waals surface area contributed by atoms with Crippen molar-refractivity contribution in [2.24, 2.45) is 0 Å². The molecule has 0 rings (SSSR count). The molecule has 0 fully saturated rings. The number of hydrogen-bond donors (Lipinski definition) is 2. The molecule has 0 radical (unpaired) electrons. The van der Waals surface area contributed by atoms with Gasteiger partial charge >= 0.3 is 0 Å². The van der Waals surface area contributed by atoms with Crippen LogP contribution >= 0.6 is 0 Å². The van der Waals surface area contributed by atoms with Crippen molar-refractivity contribution in [2.45, 2.75) is 90.3 Å². The van der Waals surface area contributed by atoms with E-state index in [4.69, 9.17) is 9.84 Å². The summed E-state index contributed by atoms with van der Waals surface area (Å²) < 4.78 is 5.29. The van der Waals surface area contributed by atoms with Gasteiger partial charge in [-0.05, 0) is 13.3 Å². The van der Waals surface area contributed by atoms with E-state index in [-0.39, 0.29) is 18.8 Å². The van der Waals surface area contributed by atoms with Gasteiger partial charge in [0.05, 0.1) is 25.4 Å². The van der Waals surface area contributed by atoms with Crippen LogP contribution in [0.5, 0.6) is 0 Å². The SMILES string of the molecule is CCCCCCCCCCCC(O)COC(C)CO. The highest BCUT2D eigenvalue weighted by Crippen LogP contribution is 2.11. The summed E-state index contributed by atoms with van der Waals surface area (Å²) in [5.74, 6) is 0. The second-order valence-electron chi connectivity index (χ2n) is 5.60. The minimum atomic E-state index is -0.376. The highest BCUT2D eigenvalue weighted by molar-refractivity contribution is 4.57. The molecule has 2 atom stereocenters. The highest BCUT2D eigenvalue weighted by Gasteiger charge is 2.06. The highest BCUT2D eigenvalue weighted by atomic mass is 16.5. The van der Waals surface area contributed by atoms with Crippen molar-refractivity contribution in [3.05, 3.63) is 0 Å². The summed E-state index contributed by atoms with van der Waals surface area (Å²) in [5, 5.41) is 18.5.